The van der Waals surface area contributed by atoms with Crippen LogP contribution in [0, 0.1) is 0 Å². The molecule has 2 aliphatic rings. The number of thioether (sulfide) groups is 1. The fourth-order valence-electron chi connectivity index (χ4n) is 11.0. The monoisotopic (exact) mass is 1190 g/mol. The van der Waals surface area contributed by atoms with Gasteiger partial charge in [-0.2, -0.15) is 0 Å². The maximum Gasteiger partial charge on any atom is 0.356 e. The van der Waals surface area contributed by atoms with E-state index in [4.69, 9.17) is 31.3 Å². The van der Waals surface area contributed by atoms with E-state index in [1.807, 2.05) is 225 Å². The normalized spacial score (nSPS) is 15.2. The second-order valence-corrected chi connectivity index (χ2v) is 24.3. The van der Waals surface area contributed by atoms with Crippen LogP contribution < -0.4 is 15.5 Å². The number of nitrogens with one attached hydrogen (secondary N) is 2. The number of benzene rings is 8. The highest BCUT2D eigenvalue weighted by Crippen LogP contribution is 2.47. The maximum atomic E-state index is 15.7. The molecule has 2 N–H and O–H groups in total. The van der Waals surface area contributed by atoms with E-state index in [1.165, 1.54) is 28.0 Å². The molecule has 10 aromatic rings. The smallest absolute Gasteiger partial charge is 0.356 e. The predicted molar refractivity (Wildman–Crippen MR) is 337 cm³/mol. The Kier molecular flexibility index (Phi) is 16.5. The van der Waals surface area contributed by atoms with Gasteiger partial charge in [0.05, 0.1) is 6.04 Å². The number of rotatable bonds is 20. The largest absolute Gasteiger partial charge is 0.448 e. The summed E-state index contributed by atoms with van der Waals surface area (Å²) < 4.78 is 7.21. The summed E-state index contributed by atoms with van der Waals surface area (Å²) in [6.45, 7) is 0. The van der Waals surface area contributed by atoms with Crippen LogP contribution in [-0.2, 0) is 35.1 Å². The first-order chi connectivity index (χ1) is 41.6. The van der Waals surface area contributed by atoms with Crippen molar-refractivity contribution in [2.45, 2.75) is 46.5 Å². The van der Waals surface area contributed by atoms with Gasteiger partial charge >= 0.3 is 5.97 Å². The van der Waals surface area contributed by atoms with Gasteiger partial charge in [0, 0.05) is 35.7 Å². The zero-order chi connectivity index (χ0) is 58.3. The number of carbonyl (C=O) groups is 3. The number of anilines is 2. The second-order valence-electron chi connectivity index (χ2n) is 20.4. The highest BCUT2D eigenvalue weighted by atomic mass is 35.5. The molecule has 2 aliphatic heterocycles. The fraction of sp³-hybridized carbons (Fsp3) is 0.132. The summed E-state index contributed by atoms with van der Waals surface area (Å²) in [5.74, 6) is -2.02. The number of hydrogen-bond acceptors (Lipinski definition) is 14. The van der Waals surface area contributed by atoms with Gasteiger partial charge in [-0.3, -0.25) is 14.5 Å². The molecule has 1 fully saturated rings. The molecule has 0 radical (unpaired) electrons. The second kappa shape index (κ2) is 24.9. The van der Waals surface area contributed by atoms with Gasteiger partial charge in [-0.05, 0) is 40.7 Å². The molecule has 2 atom stereocenters. The number of oxime groups is 1. The van der Waals surface area contributed by atoms with Crippen molar-refractivity contribution in [3.63, 3.8) is 0 Å². The van der Waals surface area contributed by atoms with Crippen LogP contribution in [0.15, 0.2) is 263 Å². The molecule has 0 spiro atoms. The first-order valence-electron chi connectivity index (χ1n) is 27.5. The number of allylic oxidation sites excluding steroid dienone is 1. The molecule has 1 saturated heterocycles. The summed E-state index contributed by atoms with van der Waals surface area (Å²) in [7, 11) is 3.76. The molecule has 4 heterocycles. The molecule has 0 aliphatic carbocycles. The Morgan fingerprint density at radius 1 is 0.647 bits per heavy atom. The number of hydrogen-bond donors (Lipinski definition) is 2. The number of halogens is 1. The molecule has 13 nitrogen and oxygen atoms in total. The van der Waals surface area contributed by atoms with E-state index < -0.39 is 47.1 Å². The molecule has 2 unspecified atom stereocenters. The summed E-state index contributed by atoms with van der Waals surface area (Å²) in [6.07, 6.45) is -0.0774. The van der Waals surface area contributed by atoms with Crippen molar-refractivity contribution < 1.29 is 24.0 Å². The number of carbonyl (C=O) groups excluding carboxylic acids is 3. The first-order valence-corrected chi connectivity index (χ1v) is 30.4. The fourth-order valence-corrected chi connectivity index (χ4v) is 14.1. The number of nitrogens with zero attached hydrogens (tertiary/aromatic N) is 6. The third-order valence-corrected chi connectivity index (χ3v) is 18.5. The lowest BCUT2D eigenvalue weighted by molar-refractivity contribution is -0.158. The average molecular weight is 1200 g/mol. The summed E-state index contributed by atoms with van der Waals surface area (Å²) in [4.78, 5) is 62.0. The standard InChI is InChI=1S/C68H55ClN8O5S3/c1-76(2)65-73-74-66(85-65)83-54-44-43-53-55(62(79)77(53)58(54)63(80)81-59(45-27-11-3-12-28-45)46-29-13-4-14-30-46)70-61(78)57(75-82-68(50-37-21-8-22-38-50,51-39-23-9-24-40-51)52-41-25-10-26-42-52)56-60(69)84-64(71-56)72-67(47-31-15-5-16-32-47,48-33-17-6-18-34-48)49-35-19-7-20-36-49/h3-42,53,55,59H,43-44H2,1-2H3,(H,70,78)(H,71,72). The third kappa shape index (κ3) is 11.2. The van der Waals surface area contributed by atoms with Crippen LogP contribution in [0.25, 0.3) is 0 Å². The molecular formula is C68H55ClN8O5S3. The van der Waals surface area contributed by atoms with Crippen molar-refractivity contribution in [3.8, 4) is 0 Å². The number of β-lactam (4-membered cyclic amide) rings is 1. The number of thiazole rings is 1. The number of aromatic nitrogens is 3. The molecule has 85 heavy (non-hydrogen) atoms. The van der Waals surface area contributed by atoms with Crippen LogP contribution in [0.4, 0.5) is 10.3 Å². The van der Waals surface area contributed by atoms with Gasteiger partial charge in [0.2, 0.25) is 10.7 Å². The van der Waals surface area contributed by atoms with Crippen LogP contribution in [0.5, 0.6) is 0 Å². The Hall–Kier alpha value is -9.19. The molecule has 2 amide bonds. The van der Waals surface area contributed by atoms with Gasteiger partial charge in [0.25, 0.3) is 11.8 Å². The number of fused-ring (bicyclic) bond motifs is 1. The lowest BCUT2D eigenvalue weighted by atomic mass is 9.77. The van der Waals surface area contributed by atoms with Crippen molar-refractivity contribution in [3.05, 3.63) is 308 Å². The highest BCUT2D eigenvalue weighted by Gasteiger charge is 2.55. The lowest BCUT2D eigenvalue weighted by Gasteiger charge is -2.50. The van der Waals surface area contributed by atoms with Crippen molar-refractivity contribution >= 4 is 79.8 Å². The lowest BCUT2D eigenvalue weighted by Crippen LogP contribution is -2.72. The zero-order valence-corrected chi connectivity index (χ0v) is 49.3. The Balaban J connectivity index is 0.952. The van der Waals surface area contributed by atoms with Crippen molar-refractivity contribution in [1.29, 1.82) is 0 Å². The van der Waals surface area contributed by atoms with E-state index in [9.17, 15) is 0 Å². The summed E-state index contributed by atoms with van der Waals surface area (Å²) >= 11 is 11.2. The van der Waals surface area contributed by atoms with Crippen LogP contribution in [0.2, 0.25) is 4.34 Å². The molecular weight excluding hydrogens is 1140 g/mol. The molecule has 422 valence electrons. The van der Waals surface area contributed by atoms with E-state index in [0.717, 1.165) is 55.8 Å². The van der Waals surface area contributed by atoms with Crippen LogP contribution in [-0.4, -0.2) is 69.8 Å². The number of amides is 2. The quantitative estimate of drug-likeness (QED) is 0.0247. The van der Waals surface area contributed by atoms with Gasteiger partial charge in [0.15, 0.2) is 21.3 Å². The molecule has 0 bridgehead atoms. The van der Waals surface area contributed by atoms with E-state index in [0.29, 0.717) is 32.3 Å². The minimum absolute atomic E-state index is 0.00924. The molecule has 2 aromatic heterocycles. The van der Waals surface area contributed by atoms with E-state index in [-0.39, 0.29) is 21.4 Å². The predicted octanol–water partition coefficient (Wildman–Crippen LogP) is 13.7. The molecule has 17 heteroatoms. The Bertz CT molecular complexity index is 3780. The van der Waals surface area contributed by atoms with Crippen molar-refractivity contribution in [1.82, 2.24) is 25.4 Å². The highest BCUT2D eigenvalue weighted by molar-refractivity contribution is 8.04. The average Bonchev–Trinajstić information content (AvgIpc) is 2.10. The maximum absolute atomic E-state index is 15.7. The Labute approximate surface area is 509 Å². The topological polar surface area (TPSA) is 151 Å². The minimum atomic E-state index is -1.43. The summed E-state index contributed by atoms with van der Waals surface area (Å²) in [5, 5.41) is 21.6. The van der Waals surface area contributed by atoms with E-state index in [2.05, 4.69) is 57.2 Å². The van der Waals surface area contributed by atoms with Crippen molar-refractivity contribution in [2.75, 3.05) is 24.3 Å². The van der Waals surface area contributed by atoms with Crippen molar-refractivity contribution in [2.24, 2.45) is 5.16 Å². The molecule has 8 aromatic carbocycles. The SMILES string of the molecule is CN(C)c1nnc(SC2=C(C(=O)OC(c3ccccc3)c3ccccc3)N3C(=O)C(NC(=O)C(=NOC(c4ccccc4)(c4ccccc4)c4ccccc4)c4nc(NC(c5ccccc5)(c5ccccc5)c5ccccc5)sc4Cl)C3CC2)s1. The molecule has 0 saturated carbocycles. The number of ether oxygens (including phenoxy) is 1. The van der Waals surface area contributed by atoms with Crippen LogP contribution in [0.3, 0.4) is 0 Å². The molecule has 12 rings (SSSR count). The van der Waals surface area contributed by atoms with E-state index >= 15 is 14.4 Å². The minimum Gasteiger partial charge on any atom is -0.448 e. The van der Waals surface area contributed by atoms with Crippen LogP contribution in [0.1, 0.15) is 69.1 Å². The Morgan fingerprint density at radius 2 is 1.09 bits per heavy atom. The van der Waals surface area contributed by atoms with E-state index in [1.54, 1.807) is 0 Å². The van der Waals surface area contributed by atoms with Gasteiger partial charge in [-0.1, -0.05) is 294 Å². The number of esters is 1. The van der Waals surface area contributed by atoms with Gasteiger partial charge in [-0.25, -0.2) is 9.78 Å². The van der Waals surface area contributed by atoms with Gasteiger partial charge in [0.1, 0.15) is 27.3 Å². The zero-order valence-electron chi connectivity index (χ0n) is 46.1. The first kappa shape index (κ1) is 56.3. The summed E-state index contributed by atoms with van der Waals surface area (Å²) in [6, 6.07) is 76.3. The Morgan fingerprint density at radius 3 is 1.54 bits per heavy atom. The van der Waals surface area contributed by atoms with Gasteiger partial charge < -0.3 is 25.1 Å². The summed E-state index contributed by atoms with van der Waals surface area (Å²) in [5.41, 5.74) is 3.78. The van der Waals surface area contributed by atoms with Gasteiger partial charge in [-0.15, -0.1) is 10.2 Å². The third-order valence-electron chi connectivity index (χ3n) is 15.0. The van der Waals surface area contributed by atoms with Crippen LogP contribution >= 0.6 is 46.0 Å².